The summed E-state index contributed by atoms with van der Waals surface area (Å²) in [5, 5.41) is 8.58. The number of hydrogen-bond donors (Lipinski definition) is 1. The van der Waals surface area contributed by atoms with E-state index in [1.807, 2.05) is 25.9 Å². The van der Waals surface area contributed by atoms with Crippen LogP contribution in [0.1, 0.15) is 23.7 Å². The summed E-state index contributed by atoms with van der Waals surface area (Å²) in [6.45, 7) is 2.28. The number of rotatable bonds is 8. The zero-order chi connectivity index (χ0) is 16.0. The molecule has 0 spiro atoms. The molecule has 1 unspecified atom stereocenters. The number of nitrogens with zero attached hydrogens (tertiary/aromatic N) is 1. The quantitative estimate of drug-likeness (QED) is 0.724. The minimum absolute atomic E-state index is 0.0675. The number of halogens is 1. The first kappa shape index (κ1) is 17.7. The van der Waals surface area contributed by atoms with Crippen LogP contribution in [0.15, 0.2) is 22.7 Å². The molecule has 0 aliphatic heterocycles. The number of carbonyl (C=O) groups excluding carboxylic acids is 1. The molecule has 0 fully saturated rings. The highest BCUT2D eigenvalue weighted by Gasteiger charge is 2.21. The number of benzene rings is 1. The fourth-order valence-electron chi connectivity index (χ4n) is 1.99. The Balaban J connectivity index is 2.87. The summed E-state index contributed by atoms with van der Waals surface area (Å²) in [7, 11) is 3.88. The van der Waals surface area contributed by atoms with Gasteiger partial charge in [0.05, 0.1) is 0 Å². The van der Waals surface area contributed by atoms with Crippen LogP contribution in [-0.2, 0) is 4.79 Å². The van der Waals surface area contributed by atoms with Crippen LogP contribution in [0.25, 0.3) is 0 Å². The number of aliphatic carboxylic acids is 1. The van der Waals surface area contributed by atoms with Gasteiger partial charge in [-0.3, -0.25) is 4.79 Å². The minimum atomic E-state index is -1.04. The lowest BCUT2D eigenvalue weighted by Gasteiger charge is -2.19. The Morgan fingerprint density at radius 1 is 1.38 bits per heavy atom. The van der Waals surface area contributed by atoms with Crippen molar-refractivity contribution < 1.29 is 19.4 Å². The van der Waals surface area contributed by atoms with Crippen LogP contribution in [0, 0.1) is 5.92 Å². The van der Waals surface area contributed by atoms with E-state index < -0.39 is 12.6 Å². The smallest absolute Gasteiger partial charge is 0.341 e. The van der Waals surface area contributed by atoms with E-state index in [9.17, 15) is 9.59 Å². The first-order valence-corrected chi connectivity index (χ1v) is 7.47. The maximum atomic E-state index is 12.5. The van der Waals surface area contributed by atoms with Crippen LogP contribution in [0.3, 0.4) is 0 Å². The van der Waals surface area contributed by atoms with E-state index >= 15 is 0 Å². The number of hydrogen-bond acceptors (Lipinski definition) is 4. The second kappa shape index (κ2) is 8.14. The number of ether oxygens (including phenoxy) is 1. The van der Waals surface area contributed by atoms with Crippen LogP contribution in [0.4, 0.5) is 0 Å². The Kier molecular flexibility index (Phi) is 6.84. The SMILES string of the molecule is CCC(CN(C)C)C(=O)c1ccc(OCC(=O)O)cc1Br. The fraction of sp³-hybridized carbons (Fsp3) is 0.467. The number of ketones is 1. The first-order chi connectivity index (χ1) is 9.85. The van der Waals surface area contributed by atoms with E-state index in [-0.39, 0.29) is 11.7 Å². The number of carboxylic acids is 1. The van der Waals surface area contributed by atoms with Crippen molar-refractivity contribution in [2.75, 3.05) is 27.2 Å². The lowest BCUT2D eigenvalue weighted by Crippen LogP contribution is -2.27. The molecule has 116 valence electrons. The third-order valence-electron chi connectivity index (χ3n) is 3.02. The first-order valence-electron chi connectivity index (χ1n) is 6.68. The highest BCUT2D eigenvalue weighted by Crippen LogP contribution is 2.26. The Hall–Kier alpha value is -1.40. The molecule has 1 aromatic carbocycles. The van der Waals surface area contributed by atoms with Gasteiger partial charge in [0.1, 0.15) is 5.75 Å². The van der Waals surface area contributed by atoms with Crippen LogP contribution >= 0.6 is 15.9 Å². The van der Waals surface area contributed by atoms with Crippen molar-refractivity contribution in [3.8, 4) is 5.75 Å². The van der Waals surface area contributed by atoms with Crippen molar-refractivity contribution in [1.29, 1.82) is 0 Å². The van der Waals surface area contributed by atoms with Gasteiger partial charge in [-0.2, -0.15) is 0 Å². The van der Waals surface area contributed by atoms with Gasteiger partial charge in [-0.15, -0.1) is 0 Å². The molecule has 0 amide bonds. The molecule has 1 aromatic rings. The van der Waals surface area contributed by atoms with E-state index in [0.29, 0.717) is 22.3 Å². The van der Waals surface area contributed by atoms with E-state index in [1.165, 1.54) is 0 Å². The normalized spacial score (nSPS) is 12.2. The number of carboxylic acid groups (broad SMARTS) is 1. The minimum Gasteiger partial charge on any atom is -0.482 e. The molecule has 21 heavy (non-hydrogen) atoms. The Morgan fingerprint density at radius 2 is 2.05 bits per heavy atom. The predicted molar refractivity (Wildman–Crippen MR) is 83.9 cm³/mol. The van der Waals surface area contributed by atoms with Gasteiger partial charge in [-0.25, -0.2) is 4.79 Å². The summed E-state index contributed by atoms with van der Waals surface area (Å²) in [4.78, 5) is 25.0. The molecule has 0 saturated heterocycles. The summed E-state index contributed by atoms with van der Waals surface area (Å²) < 4.78 is 5.70. The van der Waals surface area contributed by atoms with Crippen molar-refractivity contribution in [3.63, 3.8) is 0 Å². The van der Waals surface area contributed by atoms with Crippen molar-refractivity contribution in [1.82, 2.24) is 4.90 Å². The van der Waals surface area contributed by atoms with Crippen molar-refractivity contribution >= 4 is 27.7 Å². The average Bonchev–Trinajstić information content (AvgIpc) is 2.41. The molecule has 1 N–H and O–H groups in total. The van der Waals surface area contributed by atoms with Crippen LogP contribution in [0.5, 0.6) is 5.75 Å². The Morgan fingerprint density at radius 3 is 2.52 bits per heavy atom. The maximum absolute atomic E-state index is 12.5. The van der Waals surface area contributed by atoms with Crippen molar-refractivity contribution in [2.24, 2.45) is 5.92 Å². The second-order valence-corrected chi connectivity index (χ2v) is 5.91. The molecular formula is C15H20BrNO4. The molecule has 5 nitrogen and oxygen atoms in total. The van der Waals surface area contributed by atoms with E-state index in [0.717, 1.165) is 6.42 Å². The molecular weight excluding hydrogens is 338 g/mol. The van der Waals surface area contributed by atoms with Gasteiger partial charge in [0.2, 0.25) is 0 Å². The second-order valence-electron chi connectivity index (χ2n) is 5.06. The maximum Gasteiger partial charge on any atom is 0.341 e. The molecule has 0 bridgehead atoms. The lowest BCUT2D eigenvalue weighted by atomic mass is 9.95. The topological polar surface area (TPSA) is 66.8 Å². The largest absolute Gasteiger partial charge is 0.482 e. The Labute approximate surface area is 133 Å². The molecule has 6 heteroatoms. The fourth-order valence-corrected chi connectivity index (χ4v) is 2.54. The highest BCUT2D eigenvalue weighted by molar-refractivity contribution is 9.10. The van der Waals surface area contributed by atoms with Gasteiger partial charge in [-0.1, -0.05) is 6.92 Å². The standard InChI is InChI=1S/C15H20BrNO4/c1-4-10(8-17(2)3)15(20)12-6-5-11(7-13(12)16)21-9-14(18)19/h5-7,10H,4,8-9H2,1-3H3,(H,18,19). The zero-order valence-corrected chi connectivity index (χ0v) is 14.0. The van der Waals surface area contributed by atoms with Gasteiger partial charge in [0.15, 0.2) is 12.4 Å². The van der Waals surface area contributed by atoms with Crippen LogP contribution in [-0.4, -0.2) is 49.0 Å². The van der Waals surface area contributed by atoms with Crippen LogP contribution in [0.2, 0.25) is 0 Å². The van der Waals surface area contributed by atoms with E-state index in [4.69, 9.17) is 9.84 Å². The van der Waals surface area contributed by atoms with Gasteiger partial charge in [0, 0.05) is 22.5 Å². The monoisotopic (exact) mass is 357 g/mol. The summed E-state index contributed by atoms with van der Waals surface area (Å²) >= 11 is 3.36. The lowest BCUT2D eigenvalue weighted by molar-refractivity contribution is -0.139. The summed E-state index contributed by atoms with van der Waals surface area (Å²) in [5.74, 6) is -0.616. The molecule has 0 saturated carbocycles. The highest BCUT2D eigenvalue weighted by atomic mass is 79.9. The molecule has 0 aliphatic rings. The third-order valence-corrected chi connectivity index (χ3v) is 3.67. The van der Waals surface area contributed by atoms with E-state index in [2.05, 4.69) is 15.9 Å². The molecule has 0 aliphatic carbocycles. The van der Waals surface area contributed by atoms with Gasteiger partial charge >= 0.3 is 5.97 Å². The van der Waals surface area contributed by atoms with Gasteiger partial charge in [-0.05, 0) is 54.6 Å². The molecule has 0 radical (unpaired) electrons. The van der Waals surface area contributed by atoms with E-state index in [1.54, 1.807) is 18.2 Å². The van der Waals surface area contributed by atoms with Gasteiger partial charge < -0.3 is 14.7 Å². The third kappa shape index (κ3) is 5.47. The number of carbonyl (C=O) groups is 2. The van der Waals surface area contributed by atoms with Crippen LogP contribution < -0.4 is 4.74 Å². The average molecular weight is 358 g/mol. The van der Waals surface area contributed by atoms with Crippen molar-refractivity contribution in [2.45, 2.75) is 13.3 Å². The summed E-state index contributed by atoms with van der Waals surface area (Å²) in [6, 6.07) is 4.91. The molecule has 1 atom stereocenters. The predicted octanol–water partition coefficient (Wildman–Crippen LogP) is 2.68. The van der Waals surface area contributed by atoms with Gasteiger partial charge in [0.25, 0.3) is 0 Å². The van der Waals surface area contributed by atoms with Crippen molar-refractivity contribution in [3.05, 3.63) is 28.2 Å². The molecule has 1 rings (SSSR count). The number of Topliss-reactive ketones (excluding diaryl/α,β-unsaturated/α-hetero) is 1. The molecule has 0 aromatic heterocycles. The molecule has 0 heterocycles. The Bertz CT molecular complexity index is 516. The zero-order valence-electron chi connectivity index (χ0n) is 12.4. The summed E-state index contributed by atoms with van der Waals surface area (Å²) in [5.41, 5.74) is 0.589. The summed E-state index contributed by atoms with van der Waals surface area (Å²) in [6.07, 6.45) is 0.765.